The summed E-state index contributed by atoms with van der Waals surface area (Å²) in [5.74, 6) is -0.794. The number of amides is 1. The summed E-state index contributed by atoms with van der Waals surface area (Å²) in [6.45, 7) is 0.445. The van der Waals surface area contributed by atoms with Crippen LogP contribution in [0.3, 0.4) is 0 Å². The first-order valence-electron chi connectivity index (χ1n) is 8.14. The van der Waals surface area contributed by atoms with Gasteiger partial charge in [0, 0.05) is 11.3 Å². The Bertz CT molecular complexity index is 956. The fourth-order valence-corrected chi connectivity index (χ4v) is 2.67. The van der Waals surface area contributed by atoms with E-state index in [1.807, 2.05) is 30.3 Å². The van der Waals surface area contributed by atoms with Crippen LogP contribution in [0.4, 0.5) is 5.69 Å². The van der Waals surface area contributed by atoms with Crippen LogP contribution in [-0.2, 0) is 6.61 Å². The zero-order valence-electron chi connectivity index (χ0n) is 14.2. The van der Waals surface area contributed by atoms with Crippen molar-refractivity contribution >= 4 is 29.2 Å². The van der Waals surface area contributed by atoms with E-state index in [4.69, 9.17) is 21.4 Å². The molecule has 0 aliphatic carbocycles. The largest absolute Gasteiger partial charge is 0.489 e. The van der Waals surface area contributed by atoms with Crippen LogP contribution in [0.15, 0.2) is 72.8 Å². The number of benzene rings is 3. The van der Waals surface area contributed by atoms with Crippen LogP contribution in [0, 0.1) is 0 Å². The predicted octanol–water partition coefficient (Wildman–Crippen LogP) is 4.87. The lowest BCUT2D eigenvalue weighted by molar-refractivity contribution is 0.0697. The minimum Gasteiger partial charge on any atom is -0.489 e. The summed E-state index contributed by atoms with van der Waals surface area (Å²) < 4.78 is 5.69. The Kier molecular flexibility index (Phi) is 5.74. The van der Waals surface area contributed by atoms with Crippen molar-refractivity contribution in [3.8, 4) is 5.75 Å². The van der Waals surface area contributed by atoms with E-state index in [9.17, 15) is 9.59 Å². The quantitative estimate of drug-likeness (QED) is 0.638. The van der Waals surface area contributed by atoms with Crippen molar-refractivity contribution in [2.45, 2.75) is 6.61 Å². The summed E-state index contributed by atoms with van der Waals surface area (Å²) in [7, 11) is 0. The predicted molar refractivity (Wildman–Crippen MR) is 104 cm³/mol. The molecule has 3 rings (SSSR count). The normalized spacial score (nSPS) is 10.3. The highest BCUT2D eigenvalue weighted by atomic mass is 35.5. The number of hydrogen-bond acceptors (Lipinski definition) is 3. The molecule has 0 heterocycles. The first-order valence-corrected chi connectivity index (χ1v) is 8.52. The van der Waals surface area contributed by atoms with Crippen molar-refractivity contribution < 1.29 is 19.4 Å². The van der Waals surface area contributed by atoms with Gasteiger partial charge in [0.05, 0.1) is 10.6 Å². The Balaban J connectivity index is 1.62. The van der Waals surface area contributed by atoms with Gasteiger partial charge in [-0.2, -0.15) is 0 Å². The second-order valence-electron chi connectivity index (χ2n) is 5.75. The molecule has 6 heteroatoms. The van der Waals surface area contributed by atoms with Gasteiger partial charge in [-0.1, -0.05) is 41.9 Å². The Morgan fingerprint density at radius 2 is 1.67 bits per heavy atom. The van der Waals surface area contributed by atoms with Crippen LogP contribution >= 0.6 is 11.6 Å². The van der Waals surface area contributed by atoms with Crippen LogP contribution in [0.2, 0.25) is 5.02 Å². The van der Waals surface area contributed by atoms with Crippen molar-refractivity contribution in [2.75, 3.05) is 5.32 Å². The molecule has 27 heavy (non-hydrogen) atoms. The maximum absolute atomic E-state index is 12.3. The van der Waals surface area contributed by atoms with Gasteiger partial charge in [0.2, 0.25) is 0 Å². The van der Waals surface area contributed by atoms with Gasteiger partial charge in [-0.05, 0) is 48.0 Å². The minimum atomic E-state index is -1.12. The molecule has 3 aromatic rings. The molecule has 0 spiro atoms. The highest BCUT2D eigenvalue weighted by Gasteiger charge is 2.11. The smallest absolute Gasteiger partial charge is 0.337 e. The second-order valence-corrected chi connectivity index (χ2v) is 6.16. The van der Waals surface area contributed by atoms with Gasteiger partial charge < -0.3 is 15.2 Å². The fourth-order valence-electron chi connectivity index (χ4n) is 2.41. The van der Waals surface area contributed by atoms with Gasteiger partial charge in [0.15, 0.2) is 0 Å². The van der Waals surface area contributed by atoms with Crippen LogP contribution in [0.25, 0.3) is 0 Å². The maximum Gasteiger partial charge on any atom is 0.337 e. The molecule has 0 aliphatic heterocycles. The van der Waals surface area contributed by atoms with Crippen LogP contribution in [0.1, 0.15) is 26.3 Å². The molecule has 2 N–H and O–H groups in total. The average molecular weight is 382 g/mol. The number of halogens is 1. The summed E-state index contributed by atoms with van der Waals surface area (Å²) in [5.41, 5.74) is 1.90. The third-order valence-corrected chi connectivity index (χ3v) is 4.13. The van der Waals surface area contributed by atoms with E-state index in [-0.39, 0.29) is 16.5 Å². The van der Waals surface area contributed by atoms with Gasteiger partial charge in [-0.3, -0.25) is 4.79 Å². The van der Waals surface area contributed by atoms with Crippen molar-refractivity contribution in [2.24, 2.45) is 0 Å². The first-order chi connectivity index (χ1) is 13.0. The monoisotopic (exact) mass is 381 g/mol. The Labute approximate surface area is 161 Å². The molecule has 0 unspecified atom stereocenters. The number of anilines is 1. The third kappa shape index (κ3) is 4.86. The highest BCUT2D eigenvalue weighted by molar-refractivity contribution is 6.33. The lowest BCUT2D eigenvalue weighted by Gasteiger charge is -2.09. The van der Waals surface area contributed by atoms with Crippen molar-refractivity contribution in [1.29, 1.82) is 0 Å². The molecule has 1 amide bonds. The molecule has 0 atom stereocenters. The van der Waals surface area contributed by atoms with E-state index in [0.717, 1.165) is 5.56 Å². The fraction of sp³-hybridized carbons (Fsp3) is 0.0476. The Morgan fingerprint density at radius 1 is 0.963 bits per heavy atom. The van der Waals surface area contributed by atoms with Crippen molar-refractivity contribution in [3.05, 3.63) is 94.5 Å². The molecule has 0 aliphatic rings. The van der Waals surface area contributed by atoms with Gasteiger partial charge in [-0.15, -0.1) is 0 Å². The van der Waals surface area contributed by atoms with Gasteiger partial charge >= 0.3 is 5.97 Å². The first kappa shape index (κ1) is 18.5. The number of ether oxygens (including phenoxy) is 1. The minimum absolute atomic E-state index is 0.0189. The van der Waals surface area contributed by atoms with Crippen molar-refractivity contribution in [1.82, 2.24) is 0 Å². The maximum atomic E-state index is 12.3. The van der Waals surface area contributed by atoms with Gasteiger partial charge in [0.25, 0.3) is 5.91 Å². The number of aromatic carboxylic acids is 1. The van der Waals surface area contributed by atoms with Crippen LogP contribution < -0.4 is 10.1 Å². The van der Waals surface area contributed by atoms with Gasteiger partial charge in [-0.25, -0.2) is 4.79 Å². The molecular weight excluding hydrogens is 366 g/mol. The molecule has 5 nitrogen and oxygen atoms in total. The molecule has 3 aromatic carbocycles. The van der Waals surface area contributed by atoms with E-state index < -0.39 is 5.97 Å². The van der Waals surface area contributed by atoms with Crippen LogP contribution in [-0.4, -0.2) is 17.0 Å². The summed E-state index contributed by atoms with van der Waals surface area (Å²) in [5, 5.41) is 11.7. The molecule has 0 fully saturated rings. The zero-order valence-corrected chi connectivity index (χ0v) is 14.9. The zero-order chi connectivity index (χ0) is 19.2. The summed E-state index contributed by atoms with van der Waals surface area (Å²) in [6.07, 6.45) is 0. The van der Waals surface area contributed by atoms with E-state index in [1.54, 1.807) is 24.3 Å². The Morgan fingerprint density at radius 3 is 2.30 bits per heavy atom. The lowest BCUT2D eigenvalue weighted by atomic mass is 10.1. The molecule has 0 aromatic heterocycles. The number of carbonyl (C=O) groups excluding carboxylic acids is 1. The number of carboxylic acid groups (broad SMARTS) is 1. The number of nitrogens with one attached hydrogen (secondary N) is 1. The van der Waals surface area contributed by atoms with Crippen molar-refractivity contribution in [3.63, 3.8) is 0 Å². The SMILES string of the molecule is O=C(Nc1ccc(C(=O)O)c(Cl)c1)c1ccc(OCc2ccccc2)cc1. The summed E-state index contributed by atoms with van der Waals surface area (Å²) in [6, 6.07) is 20.8. The molecule has 0 bridgehead atoms. The summed E-state index contributed by atoms with van der Waals surface area (Å²) >= 11 is 5.91. The number of rotatable bonds is 6. The number of carboxylic acids is 1. The van der Waals surface area contributed by atoms with Crippen LogP contribution in [0.5, 0.6) is 5.75 Å². The molecular formula is C21H16ClNO4. The highest BCUT2D eigenvalue weighted by Crippen LogP contribution is 2.22. The number of carbonyl (C=O) groups is 2. The van der Waals surface area contributed by atoms with Gasteiger partial charge in [0.1, 0.15) is 12.4 Å². The Hall–Kier alpha value is -3.31. The molecule has 0 radical (unpaired) electrons. The van der Waals surface area contributed by atoms with E-state index in [0.29, 0.717) is 23.6 Å². The molecule has 136 valence electrons. The summed E-state index contributed by atoms with van der Waals surface area (Å²) in [4.78, 5) is 23.3. The molecule has 0 saturated carbocycles. The standard InChI is InChI=1S/C21H16ClNO4/c22-19-12-16(8-11-18(19)21(25)26)23-20(24)15-6-9-17(10-7-15)27-13-14-4-2-1-3-5-14/h1-12H,13H2,(H,23,24)(H,25,26). The number of hydrogen-bond donors (Lipinski definition) is 2. The van der Waals surface area contributed by atoms with E-state index >= 15 is 0 Å². The van der Waals surface area contributed by atoms with E-state index in [2.05, 4.69) is 5.32 Å². The lowest BCUT2D eigenvalue weighted by Crippen LogP contribution is -2.12. The topological polar surface area (TPSA) is 75.6 Å². The third-order valence-electron chi connectivity index (χ3n) is 3.82. The molecule has 0 saturated heterocycles. The van der Waals surface area contributed by atoms with E-state index in [1.165, 1.54) is 18.2 Å². The second kappa shape index (κ2) is 8.38. The average Bonchev–Trinajstić information content (AvgIpc) is 2.67.